The number of rotatable bonds is 4. The molecule has 1 aromatic heterocycles. The molecule has 2 amide bonds. The summed E-state index contributed by atoms with van der Waals surface area (Å²) in [4.78, 5) is 30.7. The van der Waals surface area contributed by atoms with Gasteiger partial charge in [-0.05, 0) is 41.5 Å². The van der Waals surface area contributed by atoms with Crippen LogP contribution < -0.4 is 15.0 Å². The van der Waals surface area contributed by atoms with Gasteiger partial charge in [-0.1, -0.05) is 37.3 Å². The van der Waals surface area contributed by atoms with Gasteiger partial charge in [0.2, 0.25) is 5.91 Å². The smallest absolute Gasteiger partial charge is 0.269 e. The molecule has 1 unspecified atom stereocenters. The number of fused-ring (bicyclic) bond motifs is 2. The predicted molar refractivity (Wildman–Crippen MR) is 104 cm³/mol. The SMILES string of the molecule is CCC(Oc1ccc2ccccc2c1)C(=O)N1CC(=O)Nc2cccnc21. The number of pyridine rings is 1. The van der Waals surface area contributed by atoms with E-state index in [0.717, 1.165) is 10.8 Å². The summed E-state index contributed by atoms with van der Waals surface area (Å²) in [5, 5.41) is 4.89. The molecule has 6 heteroatoms. The predicted octanol–water partition coefficient (Wildman–Crippen LogP) is 3.38. The van der Waals surface area contributed by atoms with Gasteiger partial charge < -0.3 is 10.1 Å². The molecule has 0 fully saturated rings. The Bertz CT molecular complexity index is 1020. The average Bonchev–Trinajstić information content (AvgIpc) is 2.70. The zero-order valence-corrected chi connectivity index (χ0v) is 14.9. The van der Waals surface area contributed by atoms with Crippen LogP contribution in [0.4, 0.5) is 11.5 Å². The van der Waals surface area contributed by atoms with Crippen molar-refractivity contribution in [3.8, 4) is 5.75 Å². The van der Waals surface area contributed by atoms with Gasteiger partial charge in [0.15, 0.2) is 11.9 Å². The third-order valence-electron chi connectivity index (χ3n) is 4.53. The lowest BCUT2D eigenvalue weighted by Crippen LogP contribution is -2.48. The third-order valence-corrected chi connectivity index (χ3v) is 4.53. The number of ether oxygens (including phenoxy) is 1. The second-order valence-corrected chi connectivity index (χ2v) is 6.37. The van der Waals surface area contributed by atoms with Crippen molar-refractivity contribution in [2.45, 2.75) is 19.4 Å². The van der Waals surface area contributed by atoms with Crippen molar-refractivity contribution >= 4 is 34.1 Å². The number of benzene rings is 2. The lowest BCUT2D eigenvalue weighted by molar-refractivity contribution is -0.127. The van der Waals surface area contributed by atoms with Crippen LogP contribution in [0, 0.1) is 0 Å². The Labute approximate surface area is 156 Å². The Morgan fingerprint density at radius 2 is 2.00 bits per heavy atom. The summed E-state index contributed by atoms with van der Waals surface area (Å²) in [5.74, 6) is 0.545. The molecule has 2 aromatic carbocycles. The lowest BCUT2D eigenvalue weighted by atomic mass is 10.1. The monoisotopic (exact) mass is 361 g/mol. The van der Waals surface area contributed by atoms with Crippen molar-refractivity contribution in [1.29, 1.82) is 0 Å². The molecular formula is C21H19N3O3. The van der Waals surface area contributed by atoms with Crippen molar-refractivity contribution in [3.63, 3.8) is 0 Å². The molecule has 27 heavy (non-hydrogen) atoms. The van der Waals surface area contributed by atoms with Gasteiger partial charge in [0.05, 0.1) is 5.69 Å². The maximum Gasteiger partial charge on any atom is 0.269 e. The second-order valence-electron chi connectivity index (χ2n) is 6.37. The van der Waals surface area contributed by atoms with Crippen molar-refractivity contribution in [3.05, 3.63) is 60.8 Å². The lowest BCUT2D eigenvalue weighted by Gasteiger charge is -2.30. The fraction of sp³-hybridized carbons (Fsp3) is 0.190. The standard InChI is InChI=1S/C21H19N3O3/c1-2-18(27-16-10-9-14-6-3-4-7-15(14)12-16)21(26)24-13-19(25)23-17-8-5-11-22-20(17)24/h3-12,18H,2,13H2,1H3,(H,23,25). The maximum absolute atomic E-state index is 13.1. The van der Waals surface area contributed by atoms with E-state index in [0.29, 0.717) is 23.7 Å². The largest absolute Gasteiger partial charge is 0.481 e. The van der Waals surface area contributed by atoms with Gasteiger partial charge in [-0.2, -0.15) is 0 Å². The molecule has 1 N–H and O–H groups in total. The van der Waals surface area contributed by atoms with Gasteiger partial charge in [-0.25, -0.2) is 4.98 Å². The molecule has 0 spiro atoms. The second kappa shape index (κ2) is 7.07. The highest BCUT2D eigenvalue weighted by Crippen LogP contribution is 2.28. The summed E-state index contributed by atoms with van der Waals surface area (Å²) in [5.41, 5.74) is 0.530. The molecule has 0 saturated carbocycles. The molecule has 1 aliphatic rings. The van der Waals surface area contributed by atoms with Gasteiger partial charge in [0, 0.05) is 6.20 Å². The number of nitrogens with zero attached hydrogens (tertiary/aromatic N) is 2. The van der Waals surface area contributed by atoms with E-state index < -0.39 is 6.10 Å². The molecule has 3 aromatic rings. The Kier molecular flexibility index (Phi) is 4.46. The van der Waals surface area contributed by atoms with E-state index in [1.807, 2.05) is 49.4 Å². The van der Waals surface area contributed by atoms with E-state index >= 15 is 0 Å². The summed E-state index contributed by atoms with van der Waals surface area (Å²) in [6.45, 7) is 1.81. The normalized spacial score (nSPS) is 14.4. The first-order valence-electron chi connectivity index (χ1n) is 8.87. The molecule has 0 radical (unpaired) electrons. The molecule has 1 aliphatic heterocycles. The minimum Gasteiger partial charge on any atom is -0.481 e. The molecule has 4 rings (SSSR count). The molecule has 0 aliphatic carbocycles. The van der Waals surface area contributed by atoms with E-state index in [9.17, 15) is 9.59 Å². The van der Waals surface area contributed by atoms with Gasteiger partial charge in [0.1, 0.15) is 12.3 Å². The number of aromatic nitrogens is 1. The first-order chi connectivity index (χ1) is 13.2. The van der Waals surface area contributed by atoms with E-state index in [2.05, 4.69) is 10.3 Å². The first-order valence-corrected chi connectivity index (χ1v) is 8.87. The van der Waals surface area contributed by atoms with Crippen LogP contribution in [-0.2, 0) is 9.59 Å². The van der Waals surface area contributed by atoms with Gasteiger partial charge in [-0.15, -0.1) is 0 Å². The van der Waals surface area contributed by atoms with Crippen LogP contribution in [0.15, 0.2) is 60.8 Å². The minimum atomic E-state index is -0.702. The quantitative estimate of drug-likeness (QED) is 0.773. The topological polar surface area (TPSA) is 71.5 Å². The fourth-order valence-electron chi connectivity index (χ4n) is 3.19. The number of anilines is 2. The van der Waals surface area contributed by atoms with Gasteiger partial charge >= 0.3 is 0 Å². The summed E-state index contributed by atoms with van der Waals surface area (Å²) in [6, 6.07) is 17.1. The van der Waals surface area contributed by atoms with Crippen molar-refractivity contribution in [2.24, 2.45) is 0 Å². The highest BCUT2D eigenvalue weighted by atomic mass is 16.5. The van der Waals surface area contributed by atoms with Crippen LogP contribution in [0.2, 0.25) is 0 Å². The number of nitrogens with one attached hydrogen (secondary N) is 1. The Hall–Kier alpha value is -3.41. The van der Waals surface area contributed by atoms with E-state index in [1.165, 1.54) is 4.90 Å². The molecule has 2 heterocycles. The number of hydrogen-bond acceptors (Lipinski definition) is 4. The van der Waals surface area contributed by atoms with Crippen LogP contribution in [0.1, 0.15) is 13.3 Å². The number of carbonyl (C=O) groups is 2. The van der Waals surface area contributed by atoms with Crippen molar-refractivity contribution in [2.75, 3.05) is 16.8 Å². The number of amides is 2. The van der Waals surface area contributed by atoms with Crippen molar-refractivity contribution in [1.82, 2.24) is 4.98 Å². The van der Waals surface area contributed by atoms with Crippen LogP contribution >= 0.6 is 0 Å². The summed E-state index contributed by atoms with van der Waals surface area (Å²) in [7, 11) is 0. The van der Waals surface area contributed by atoms with E-state index in [4.69, 9.17) is 4.74 Å². The Morgan fingerprint density at radius 1 is 1.19 bits per heavy atom. The van der Waals surface area contributed by atoms with Crippen molar-refractivity contribution < 1.29 is 14.3 Å². The molecule has 0 bridgehead atoms. The summed E-state index contributed by atoms with van der Waals surface area (Å²) >= 11 is 0. The van der Waals surface area contributed by atoms with Gasteiger partial charge in [0.25, 0.3) is 5.91 Å². The van der Waals surface area contributed by atoms with Crippen LogP contribution in [0.25, 0.3) is 10.8 Å². The molecular weight excluding hydrogens is 342 g/mol. The fourth-order valence-corrected chi connectivity index (χ4v) is 3.19. The average molecular weight is 361 g/mol. The van der Waals surface area contributed by atoms with E-state index in [1.54, 1.807) is 18.3 Å². The number of hydrogen-bond donors (Lipinski definition) is 1. The molecule has 1 atom stereocenters. The Balaban J connectivity index is 1.60. The zero-order valence-electron chi connectivity index (χ0n) is 14.9. The highest BCUT2D eigenvalue weighted by molar-refractivity contribution is 6.10. The third kappa shape index (κ3) is 3.33. The van der Waals surface area contributed by atoms with Crippen LogP contribution in [0.3, 0.4) is 0 Å². The maximum atomic E-state index is 13.1. The van der Waals surface area contributed by atoms with Gasteiger partial charge in [-0.3, -0.25) is 14.5 Å². The molecule has 0 saturated heterocycles. The molecule has 6 nitrogen and oxygen atoms in total. The summed E-state index contributed by atoms with van der Waals surface area (Å²) in [6.07, 6.45) is 1.38. The Morgan fingerprint density at radius 3 is 2.81 bits per heavy atom. The van der Waals surface area contributed by atoms with Crippen LogP contribution in [0.5, 0.6) is 5.75 Å². The molecule has 136 valence electrons. The zero-order chi connectivity index (χ0) is 18.8. The first kappa shape index (κ1) is 17.0. The highest BCUT2D eigenvalue weighted by Gasteiger charge is 2.33. The number of carbonyl (C=O) groups excluding carboxylic acids is 2. The minimum absolute atomic E-state index is 0.0690. The summed E-state index contributed by atoms with van der Waals surface area (Å²) < 4.78 is 5.99. The van der Waals surface area contributed by atoms with Crippen LogP contribution in [-0.4, -0.2) is 29.4 Å². The van der Waals surface area contributed by atoms with E-state index in [-0.39, 0.29) is 18.4 Å².